The highest BCUT2D eigenvalue weighted by molar-refractivity contribution is 7.80. The van der Waals surface area contributed by atoms with E-state index in [9.17, 15) is 9.59 Å². The SMILES string of the molecule is CC(=O)C(Cl)c1ccc(S)cc1C=CC(=O)O. The fraction of sp³-hybridized carbons (Fsp3) is 0.167. The minimum atomic E-state index is -1.06. The molecule has 1 atom stereocenters. The lowest BCUT2D eigenvalue weighted by molar-refractivity contribution is -0.131. The molecular formula is C12H11ClO3S. The van der Waals surface area contributed by atoms with E-state index in [1.807, 2.05) is 0 Å². The van der Waals surface area contributed by atoms with E-state index in [-0.39, 0.29) is 5.78 Å². The van der Waals surface area contributed by atoms with Crippen molar-refractivity contribution in [1.29, 1.82) is 0 Å². The second-order valence-electron chi connectivity index (χ2n) is 3.46. The molecule has 1 rings (SSSR count). The van der Waals surface area contributed by atoms with E-state index in [2.05, 4.69) is 12.6 Å². The number of rotatable bonds is 4. The van der Waals surface area contributed by atoms with Gasteiger partial charge in [-0.1, -0.05) is 6.07 Å². The van der Waals surface area contributed by atoms with Gasteiger partial charge < -0.3 is 5.11 Å². The van der Waals surface area contributed by atoms with Crippen molar-refractivity contribution in [2.45, 2.75) is 17.2 Å². The number of carboxylic acids is 1. The second-order valence-corrected chi connectivity index (χ2v) is 4.41. The summed E-state index contributed by atoms with van der Waals surface area (Å²) in [6.45, 7) is 1.39. The Morgan fingerprint density at radius 2 is 2.12 bits per heavy atom. The van der Waals surface area contributed by atoms with Crippen LogP contribution in [0, 0.1) is 0 Å². The van der Waals surface area contributed by atoms with Gasteiger partial charge in [0.25, 0.3) is 0 Å². The topological polar surface area (TPSA) is 54.4 Å². The molecule has 0 saturated heterocycles. The molecule has 0 fully saturated rings. The van der Waals surface area contributed by atoms with E-state index >= 15 is 0 Å². The molecule has 0 aliphatic rings. The first-order valence-corrected chi connectivity index (χ1v) is 5.68. The fourth-order valence-electron chi connectivity index (χ4n) is 1.32. The molecule has 1 unspecified atom stereocenters. The largest absolute Gasteiger partial charge is 0.478 e. The molecule has 5 heteroatoms. The zero-order chi connectivity index (χ0) is 13.0. The highest BCUT2D eigenvalue weighted by atomic mass is 35.5. The Morgan fingerprint density at radius 3 is 2.65 bits per heavy atom. The number of hydrogen-bond acceptors (Lipinski definition) is 3. The summed E-state index contributed by atoms with van der Waals surface area (Å²) >= 11 is 10.1. The van der Waals surface area contributed by atoms with Gasteiger partial charge >= 0.3 is 5.97 Å². The average molecular weight is 271 g/mol. The number of halogens is 1. The molecule has 1 N–H and O–H groups in total. The maximum atomic E-state index is 11.2. The summed E-state index contributed by atoms with van der Waals surface area (Å²) in [6, 6.07) is 5.04. The quantitative estimate of drug-likeness (QED) is 0.502. The number of carbonyl (C=O) groups is 2. The van der Waals surface area contributed by atoms with Gasteiger partial charge in [0, 0.05) is 11.0 Å². The molecule has 0 aliphatic carbocycles. The summed E-state index contributed by atoms with van der Waals surface area (Å²) in [5, 5.41) is 7.80. The van der Waals surface area contributed by atoms with Crippen LogP contribution >= 0.6 is 24.2 Å². The molecule has 17 heavy (non-hydrogen) atoms. The molecule has 0 bridgehead atoms. The Labute approximate surface area is 110 Å². The zero-order valence-corrected chi connectivity index (χ0v) is 10.7. The smallest absolute Gasteiger partial charge is 0.328 e. The Balaban J connectivity index is 3.21. The number of ketones is 1. The van der Waals surface area contributed by atoms with Crippen LogP contribution in [0.5, 0.6) is 0 Å². The minimum Gasteiger partial charge on any atom is -0.478 e. The highest BCUT2D eigenvalue weighted by Crippen LogP contribution is 2.27. The van der Waals surface area contributed by atoms with Crippen molar-refractivity contribution in [3.05, 3.63) is 35.4 Å². The van der Waals surface area contributed by atoms with Crippen LogP contribution in [0.2, 0.25) is 0 Å². The van der Waals surface area contributed by atoms with E-state index in [1.165, 1.54) is 13.0 Å². The third kappa shape index (κ3) is 3.91. The van der Waals surface area contributed by atoms with Gasteiger partial charge in [0.2, 0.25) is 0 Å². The van der Waals surface area contributed by atoms with Crippen LogP contribution < -0.4 is 0 Å². The van der Waals surface area contributed by atoms with Gasteiger partial charge in [-0.3, -0.25) is 4.79 Å². The lowest BCUT2D eigenvalue weighted by Gasteiger charge is -2.10. The van der Waals surface area contributed by atoms with Crippen molar-refractivity contribution in [3.8, 4) is 0 Å². The number of carbonyl (C=O) groups excluding carboxylic acids is 1. The molecule has 0 saturated carbocycles. The van der Waals surface area contributed by atoms with Crippen LogP contribution in [-0.2, 0) is 9.59 Å². The summed E-state index contributed by atoms with van der Waals surface area (Å²) in [7, 11) is 0. The number of hydrogen-bond donors (Lipinski definition) is 2. The van der Waals surface area contributed by atoms with Crippen molar-refractivity contribution in [3.63, 3.8) is 0 Å². The third-order valence-electron chi connectivity index (χ3n) is 2.11. The van der Waals surface area contributed by atoms with Crippen molar-refractivity contribution in [2.24, 2.45) is 0 Å². The molecular weight excluding hydrogens is 260 g/mol. The number of aliphatic carboxylic acids is 1. The highest BCUT2D eigenvalue weighted by Gasteiger charge is 2.16. The minimum absolute atomic E-state index is 0.191. The maximum absolute atomic E-state index is 11.2. The summed E-state index contributed by atoms with van der Waals surface area (Å²) in [5.74, 6) is -1.25. The molecule has 0 spiro atoms. The molecule has 0 aromatic heterocycles. The molecule has 1 aromatic rings. The first kappa shape index (κ1) is 13.8. The van der Waals surface area contributed by atoms with Crippen LogP contribution in [0.4, 0.5) is 0 Å². The molecule has 0 heterocycles. The normalized spacial score (nSPS) is 12.6. The van der Waals surface area contributed by atoms with Crippen LogP contribution in [0.25, 0.3) is 6.08 Å². The van der Waals surface area contributed by atoms with E-state index in [0.717, 1.165) is 6.08 Å². The Hall–Kier alpha value is -1.26. The van der Waals surface area contributed by atoms with E-state index < -0.39 is 11.3 Å². The fourth-order valence-corrected chi connectivity index (χ4v) is 1.73. The molecule has 90 valence electrons. The predicted molar refractivity (Wildman–Crippen MR) is 69.6 cm³/mol. The van der Waals surface area contributed by atoms with Gasteiger partial charge in [0.05, 0.1) is 0 Å². The second kappa shape index (κ2) is 5.89. The van der Waals surface area contributed by atoms with Crippen molar-refractivity contribution >= 4 is 42.1 Å². The number of carboxylic acid groups (broad SMARTS) is 1. The van der Waals surface area contributed by atoms with Crippen LogP contribution in [-0.4, -0.2) is 16.9 Å². The molecule has 3 nitrogen and oxygen atoms in total. The van der Waals surface area contributed by atoms with Gasteiger partial charge in [0.1, 0.15) is 5.38 Å². The van der Waals surface area contributed by atoms with E-state index in [0.29, 0.717) is 16.0 Å². The van der Waals surface area contributed by atoms with E-state index in [4.69, 9.17) is 16.7 Å². The summed E-state index contributed by atoms with van der Waals surface area (Å²) in [4.78, 5) is 22.4. The van der Waals surface area contributed by atoms with Gasteiger partial charge in [-0.2, -0.15) is 0 Å². The zero-order valence-electron chi connectivity index (χ0n) is 9.05. The van der Waals surface area contributed by atoms with Crippen molar-refractivity contribution in [2.75, 3.05) is 0 Å². The van der Waals surface area contributed by atoms with Crippen LogP contribution in [0.15, 0.2) is 29.2 Å². The monoisotopic (exact) mass is 270 g/mol. The lowest BCUT2D eigenvalue weighted by Crippen LogP contribution is -2.03. The van der Waals surface area contributed by atoms with Crippen LogP contribution in [0.3, 0.4) is 0 Å². The number of Topliss-reactive ketones (excluding diaryl/α,β-unsaturated/α-hetero) is 1. The first-order valence-electron chi connectivity index (χ1n) is 4.80. The van der Waals surface area contributed by atoms with Gasteiger partial charge in [-0.05, 0) is 36.3 Å². The van der Waals surface area contributed by atoms with Gasteiger partial charge in [-0.15, -0.1) is 24.2 Å². The number of alkyl halides is 1. The first-order chi connectivity index (χ1) is 7.91. The number of thiol groups is 1. The van der Waals surface area contributed by atoms with Crippen molar-refractivity contribution < 1.29 is 14.7 Å². The van der Waals surface area contributed by atoms with Crippen molar-refractivity contribution in [1.82, 2.24) is 0 Å². The molecule has 0 amide bonds. The Kier molecular flexibility index (Phi) is 4.78. The van der Waals surface area contributed by atoms with E-state index in [1.54, 1.807) is 18.2 Å². The summed E-state index contributed by atoms with van der Waals surface area (Å²) in [6.07, 6.45) is 2.39. The maximum Gasteiger partial charge on any atom is 0.328 e. The number of benzene rings is 1. The predicted octanol–water partition coefficient (Wildman–Crippen LogP) is 2.94. The summed E-state index contributed by atoms with van der Waals surface area (Å²) < 4.78 is 0. The third-order valence-corrected chi connectivity index (χ3v) is 2.93. The molecule has 0 aliphatic heterocycles. The Morgan fingerprint density at radius 1 is 1.47 bits per heavy atom. The average Bonchev–Trinajstić information content (AvgIpc) is 2.25. The Bertz CT molecular complexity index is 483. The van der Waals surface area contributed by atoms with Gasteiger partial charge in [0.15, 0.2) is 5.78 Å². The molecule has 1 aromatic carbocycles. The standard InChI is InChI=1S/C12H11ClO3S/c1-7(14)12(13)10-4-3-9(17)6-8(10)2-5-11(15)16/h2-6,12,17H,1H3,(H,15,16). The van der Waals surface area contributed by atoms with Gasteiger partial charge in [-0.25, -0.2) is 4.79 Å². The lowest BCUT2D eigenvalue weighted by atomic mass is 10.0. The summed E-state index contributed by atoms with van der Waals surface area (Å²) in [5.41, 5.74) is 1.16. The molecule has 0 radical (unpaired) electrons. The van der Waals surface area contributed by atoms with Crippen LogP contribution in [0.1, 0.15) is 23.4 Å².